The zero-order chi connectivity index (χ0) is 54.6. The van der Waals surface area contributed by atoms with Gasteiger partial charge in [-0.3, -0.25) is 9.59 Å². The molecule has 0 aliphatic heterocycles. The Morgan fingerprint density at radius 2 is 0.720 bits per heavy atom. The first-order valence-electron chi connectivity index (χ1n) is 32.7. The lowest BCUT2D eigenvalue weighted by molar-refractivity contribution is -0.144. The summed E-state index contributed by atoms with van der Waals surface area (Å²) in [4.78, 5) is 42.2. The molecule has 9 heteroatoms. The summed E-state index contributed by atoms with van der Waals surface area (Å²) in [5.41, 5.74) is 0. The molecule has 1 amide bonds. The summed E-state index contributed by atoms with van der Waals surface area (Å²) in [7, 11) is 6.38. The van der Waals surface area contributed by atoms with Crippen LogP contribution in [0.5, 0.6) is 0 Å². The van der Waals surface area contributed by atoms with Crippen LogP contribution in [0.15, 0.2) is 24.3 Å². The highest BCUT2D eigenvalue weighted by atomic mass is 16.6. The van der Waals surface area contributed by atoms with Gasteiger partial charge in [0.15, 0.2) is 0 Å². The van der Waals surface area contributed by atoms with Gasteiger partial charge >= 0.3 is 18.0 Å². The molecular formula is C66H127N3O6. The summed E-state index contributed by atoms with van der Waals surface area (Å²) in [5.74, 6) is -0.149. The smallest absolute Gasteiger partial charge is 0.407 e. The number of carbonyl (C=O) groups is 3. The van der Waals surface area contributed by atoms with Crippen molar-refractivity contribution in [2.75, 3.05) is 60.5 Å². The number of alkyl carbamates (subject to hydrolysis) is 1. The Labute approximate surface area is 466 Å². The zero-order valence-electron chi connectivity index (χ0n) is 50.7. The van der Waals surface area contributed by atoms with Crippen LogP contribution in [0, 0.1) is 0 Å². The summed E-state index contributed by atoms with van der Waals surface area (Å²) in [5, 5.41) is 2.99. The Balaban J connectivity index is 4.18. The lowest BCUT2D eigenvalue weighted by Gasteiger charge is -2.19. The number of rotatable bonds is 60. The maximum absolute atomic E-state index is 12.9. The van der Waals surface area contributed by atoms with Gasteiger partial charge in [0.25, 0.3) is 0 Å². The highest BCUT2D eigenvalue weighted by Gasteiger charge is 2.15. The van der Waals surface area contributed by atoms with Crippen LogP contribution in [-0.2, 0) is 23.8 Å². The van der Waals surface area contributed by atoms with Crippen molar-refractivity contribution in [1.29, 1.82) is 0 Å². The third-order valence-electron chi connectivity index (χ3n) is 14.8. The highest BCUT2D eigenvalue weighted by molar-refractivity contribution is 5.69. The van der Waals surface area contributed by atoms with Gasteiger partial charge < -0.3 is 29.3 Å². The number of nitrogens with zero attached hydrogens (tertiary/aromatic N) is 2. The third-order valence-corrected chi connectivity index (χ3v) is 14.8. The first-order valence-corrected chi connectivity index (χ1v) is 32.7. The monoisotopic (exact) mass is 1060 g/mol. The number of amides is 1. The first kappa shape index (κ1) is 72.6. The van der Waals surface area contributed by atoms with Gasteiger partial charge in [0.1, 0.15) is 6.10 Å². The second-order valence-corrected chi connectivity index (χ2v) is 22.8. The van der Waals surface area contributed by atoms with Crippen molar-refractivity contribution >= 4 is 18.0 Å². The van der Waals surface area contributed by atoms with E-state index in [1.54, 1.807) is 0 Å². The van der Waals surface area contributed by atoms with Gasteiger partial charge in [-0.25, -0.2) is 4.79 Å². The molecule has 0 aromatic heterocycles. The average molecular weight is 1060 g/mol. The number of allylic oxidation sites excluding steroid dienone is 4. The largest absolute Gasteiger partial charge is 0.466 e. The van der Waals surface area contributed by atoms with Gasteiger partial charge in [0.05, 0.1) is 13.2 Å². The molecule has 0 aliphatic carbocycles. The second kappa shape index (κ2) is 60.8. The molecule has 0 heterocycles. The Hall–Kier alpha value is -2.39. The molecule has 0 bridgehead atoms. The average Bonchev–Trinajstić information content (AvgIpc) is 3.39. The molecule has 0 radical (unpaired) electrons. The molecular weight excluding hydrogens is 931 g/mol. The standard InChI is InChI=1S/C66H127N3O6/c1-6-8-10-12-14-16-18-20-22-24-26-28-30-32-34-36-38-40-46-55-64(70)73-61-50-42-44-53-63(75-66(72)67-57-52-60-69(5)59-49-48-58-68(3)4)54-45-43-51-62-74-65(71)56-47-41-39-37-35-33-31-29-27-25-23-21-19-17-15-13-11-9-7-2/h20-23,63H,6-19,24-62H2,1-5H3,(H,67,72)/b22-20-,23-21-. The Bertz CT molecular complexity index is 1190. The SMILES string of the molecule is CCCCCCCC/C=C\CCCCCCCCCCCC(=O)OCCCCCC(CCCCCOC(=O)CCCCCCCCCCC/C=C\CCCCCCCC)OC(=O)NCCCN(C)CCCCN(C)C. The maximum Gasteiger partial charge on any atom is 0.407 e. The zero-order valence-corrected chi connectivity index (χ0v) is 50.7. The molecule has 0 atom stereocenters. The van der Waals surface area contributed by atoms with Gasteiger partial charge in [-0.15, -0.1) is 0 Å². The number of nitrogens with one attached hydrogen (secondary N) is 1. The summed E-state index contributed by atoms with van der Waals surface area (Å²) < 4.78 is 17.1. The summed E-state index contributed by atoms with van der Waals surface area (Å²) in [6, 6.07) is 0. The van der Waals surface area contributed by atoms with E-state index < -0.39 is 0 Å². The van der Waals surface area contributed by atoms with E-state index in [-0.39, 0.29) is 24.1 Å². The second-order valence-electron chi connectivity index (χ2n) is 22.8. The van der Waals surface area contributed by atoms with Crippen LogP contribution >= 0.6 is 0 Å². The predicted octanol–water partition coefficient (Wildman–Crippen LogP) is 19.1. The summed E-state index contributed by atoms with van der Waals surface area (Å²) >= 11 is 0. The number of hydrogen-bond acceptors (Lipinski definition) is 8. The molecule has 75 heavy (non-hydrogen) atoms. The van der Waals surface area contributed by atoms with Crippen molar-refractivity contribution in [2.45, 2.75) is 322 Å². The van der Waals surface area contributed by atoms with Gasteiger partial charge in [0.2, 0.25) is 0 Å². The van der Waals surface area contributed by atoms with Gasteiger partial charge in [-0.2, -0.15) is 0 Å². The fraction of sp³-hybridized carbons (Fsp3) is 0.894. The number of unbranched alkanes of at least 4 members (excludes halogenated alkanes) is 35. The van der Waals surface area contributed by atoms with Crippen LogP contribution in [0.25, 0.3) is 0 Å². The van der Waals surface area contributed by atoms with E-state index in [2.05, 4.69) is 74.4 Å². The fourth-order valence-electron chi connectivity index (χ4n) is 9.83. The van der Waals surface area contributed by atoms with Crippen molar-refractivity contribution in [3.8, 4) is 0 Å². The summed E-state index contributed by atoms with van der Waals surface area (Å²) in [6.45, 7) is 9.19. The van der Waals surface area contributed by atoms with Crippen molar-refractivity contribution in [3.63, 3.8) is 0 Å². The molecule has 0 rings (SSSR count). The Morgan fingerprint density at radius 3 is 1.11 bits per heavy atom. The molecule has 0 fully saturated rings. The van der Waals surface area contributed by atoms with Crippen LogP contribution in [0.2, 0.25) is 0 Å². The predicted molar refractivity (Wildman–Crippen MR) is 323 cm³/mol. The van der Waals surface area contributed by atoms with Crippen molar-refractivity contribution in [1.82, 2.24) is 15.1 Å². The molecule has 9 nitrogen and oxygen atoms in total. The van der Waals surface area contributed by atoms with Gasteiger partial charge in [-0.05, 0) is 176 Å². The van der Waals surface area contributed by atoms with Crippen molar-refractivity contribution in [3.05, 3.63) is 24.3 Å². The van der Waals surface area contributed by atoms with Crippen LogP contribution in [0.4, 0.5) is 4.79 Å². The third kappa shape index (κ3) is 60.7. The number of esters is 2. The van der Waals surface area contributed by atoms with Crippen molar-refractivity contribution < 1.29 is 28.6 Å². The minimum Gasteiger partial charge on any atom is -0.466 e. The molecule has 0 saturated heterocycles. The molecule has 0 aromatic rings. The quantitative estimate of drug-likeness (QED) is 0.0278. The molecule has 442 valence electrons. The van der Waals surface area contributed by atoms with E-state index in [9.17, 15) is 14.4 Å². The topological polar surface area (TPSA) is 97.4 Å². The van der Waals surface area contributed by atoms with Crippen LogP contribution in [-0.4, -0.2) is 94.5 Å². The van der Waals surface area contributed by atoms with Crippen molar-refractivity contribution in [2.24, 2.45) is 0 Å². The minimum atomic E-state index is -0.336. The van der Waals surface area contributed by atoms with E-state index >= 15 is 0 Å². The van der Waals surface area contributed by atoms with Crippen LogP contribution in [0.3, 0.4) is 0 Å². The van der Waals surface area contributed by atoms with Crippen LogP contribution < -0.4 is 5.32 Å². The van der Waals surface area contributed by atoms with E-state index in [1.165, 1.54) is 205 Å². The molecule has 0 unspecified atom stereocenters. The van der Waals surface area contributed by atoms with Gasteiger partial charge in [0, 0.05) is 19.4 Å². The van der Waals surface area contributed by atoms with E-state index in [0.717, 1.165) is 103 Å². The molecule has 0 saturated carbocycles. The van der Waals surface area contributed by atoms with E-state index in [4.69, 9.17) is 14.2 Å². The molecule has 0 aliphatic rings. The van der Waals surface area contributed by atoms with Crippen LogP contribution in [0.1, 0.15) is 316 Å². The summed E-state index contributed by atoms with van der Waals surface area (Å²) in [6.07, 6.45) is 64.1. The normalized spacial score (nSPS) is 11.8. The fourth-order valence-corrected chi connectivity index (χ4v) is 9.83. The Kier molecular flexibility index (Phi) is 58.9. The minimum absolute atomic E-state index is 0.0746. The number of hydrogen-bond donors (Lipinski definition) is 1. The van der Waals surface area contributed by atoms with E-state index in [0.29, 0.717) is 32.6 Å². The maximum atomic E-state index is 12.9. The number of ether oxygens (including phenoxy) is 3. The first-order chi connectivity index (χ1) is 36.8. The molecule has 0 aromatic carbocycles. The Morgan fingerprint density at radius 1 is 0.387 bits per heavy atom. The van der Waals surface area contributed by atoms with E-state index in [1.807, 2.05) is 0 Å². The lowest BCUT2D eigenvalue weighted by atomic mass is 10.0. The number of carbonyl (C=O) groups excluding carboxylic acids is 3. The lowest BCUT2D eigenvalue weighted by Crippen LogP contribution is -2.32. The van der Waals surface area contributed by atoms with Gasteiger partial charge in [-0.1, -0.05) is 192 Å². The molecule has 1 N–H and O–H groups in total. The molecule has 0 spiro atoms. The highest BCUT2D eigenvalue weighted by Crippen LogP contribution is 2.18.